The van der Waals surface area contributed by atoms with Gasteiger partial charge in [0.15, 0.2) is 0 Å². The molecule has 46 heavy (non-hydrogen) atoms. The lowest BCUT2D eigenvalue weighted by Gasteiger charge is -2.25. The topological polar surface area (TPSA) is 121 Å². The first kappa shape index (κ1) is 39.9. The van der Waals surface area contributed by atoms with E-state index in [1.807, 2.05) is 13.8 Å². The Morgan fingerprint density at radius 2 is 0.870 bits per heavy atom. The highest BCUT2D eigenvalue weighted by Crippen LogP contribution is 2.45. The van der Waals surface area contributed by atoms with Gasteiger partial charge in [0.25, 0.3) is 0 Å². The lowest BCUT2D eigenvalue weighted by molar-refractivity contribution is 0.110. The Bertz CT molecular complexity index is 1090. The van der Waals surface area contributed by atoms with Crippen molar-refractivity contribution in [3.05, 3.63) is 46.5 Å². The molecule has 0 spiro atoms. The first-order valence-corrected chi connectivity index (χ1v) is 20.5. The van der Waals surface area contributed by atoms with Crippen LogP contribution in [0.5, 0.6) is 23.0 Å². The molecule has 6 N–H and O–H groups in total. The van der Waals surface area contributed by atoms with Crippen molar-refractivity contribution < 1.29 is 30.6 Å². The Morgan fingerprint density at radius 3 is 1.17 bits per heavy atom. The minimum absolute atomic E-state index is 0.0334. The number of phenols is 4. The van der Waals surface area contributed by atoms with Gasteiger partial charge in [0.05, 0.1) is 19.7 Å². The van der Waals surface area contributed by atoms with Gasteiger partial charge in [0, 0.05) is 11.1 Å². The summed E-state index contributed by atoms with van der Waals surface area (Å²) in [5.74, 6) is -0.166. The van der Waals surface area contributed by atoms with E-state index in [2.05, 4.69) is 63.7 Å². The van der Waals surface area contributed by atoms with E-state index in [1.54, 1.807) is 24.3 Å². The highest BCUT2D eigenvalue weighted by atomic mass is 79.9. The second-order valence-corrected chi connectivity index (χ2v) is 20.3. The zero-order valence-corrected chi connectivity index (χ0v) is 33.4. The van der Waals surface area contributed by atoms with Crippen molar-refractivity contribution in [1.29, 1.82) is 0 Å². The van der Waals surface area contributed by atoms with Crippen molar-refractivity contribution >= 4 is 63.7 Å². The van der Waals surface area contributed by atoms with Crippen molar-refractivity contribution in [1.82, 2.24) is 0 Å². The summed E-state index contributed by atoms with van der Waals surface area (Å²) in [6.07, 6.45) is 9.92. The van der Waals surface area contributed by atoms with Crippen LogP contribution in [0, 0.1) is 11.8 Å². The monoisotopic (exact) mass is 896 g/mol. The van der Waals surface area contributed by atoms with Crippen LogP contribution in [0.3, 0.4) is 0 Å². The van der Waals surface area contributed by atoms with Gasteiger partial charge in [-0.05, 0) is 110 Å². The molecular formula is C36H52Br4O6. The summed E-state index contributed by atoms with van der Waals surface area (Å²) in [5.41, 5.74) is 2.12. The standard InChI is InChI=1S/C36H52Br4O6/c1-21-9-3-5-11-23(13-7-15-31(37)38)34-29(43)19-26(20-30(34)44)36(46)22(2)10-4-6-12-24(14-8-16-32(39)40)33-27(41)17-25(35(21)45)18-28(33)42/h17-24,31-32,35-36,41-46H,3-16H2,1-2H3/t21-,22-,23+,24+,35+,36+/m0/s1. The Kier molecular flexibility index (Phi) is 17.0. The van der Waals surface area contributed by atoms with Gasteiger partial charge in [-0.1, -0.05) is 116 Å². The third-order valence-electron chi connectivity index (χ3n) is 9.77. The minimum Gasteiger partial charge on any atom is -0.508 e. The van der Waals surface area contributed by atoms with Crippen LogP contribution in [-0.2, 0) is 0 Å². The van der Waals surface area contributed by atoms with Gasteiger partial charge in [-0.15, -0.1) is 0 Å². The van der Waals surface area contributed by atoms with E-state index in [9.17, 15) is 30.6 Å². The molecule has 6 nitrogen and oxygen atoms in total. The molecule has 0 saturated carbocycles. The fourth-order valence-electron chi connectivity index (χ4n) is 7.06. The van der Waals surface area contributed by atoms with Gasteiger partial charge >= 0.3 is 0 Å². The van der Waals surface area contributed by atoms with Crippen LogP contribution in [0.15, 0.2) is 24.3 Å². The smallest absolute Gasteiger partial charge is 0.123 e. The van der Waals surface area contributed by atoms with Crippen LogP contribution >= 0.6 is 63.7 Å². The van der Waals surface area contributed by atoms with Crippen LogP contribution in [0.1, 0.15) is 150 Å². The number of hydrogen-bond acceptors (Lipinski definition) is 6. The predicted molar refractivity (Wildman–Crippen MR) is 201 cm³/mol. The van der Waals surface area contributed by atoms with Crippen LogP contribution in [0.25, 0.3) is 0 Å². The maximum absolute atomic E-state index is 11.2. The molecule has 0 heterocycles. The number of halogens is 4. The first-order chi connectivity index (χ1) is 21.8. The number of rotatable bonds is 8. The number of aliphatic hydroxyl groups excluding tert-OH is 2. The molecule has 4 aliphatic rings. The number of aromatic hydroxyl groups is 4. The molecule has 0 radical (unpaired) electrons. The zero-order chi connectivity index (χ0) is 34.0. The van der Waals surface area contributed by atoms with E-state index in [1.165, 1.54) is 0 Å². The predicted octanol–water partition coefficient (Wildman–Crippen LogP) is 11.4. The Hall–Kier alpha value is -0.520. The summed E-state index contributed by atoms with van der Waals surface area (Å²) in [5, 5.41) is 67.1. The summed E-state index contributed by atoms with van der Waals surface area (Å²) in [4.78, 5) is 0. The Labute approximate surface area is 308 Å². The third kappa shape index (κ3) is 11.8. The highest BCUT2D eigenvalue weighted by molar-refractivity contribution is 9.25. The van der Waals surface area contributed by atoms with Crippen molar-refractivity contribution in [3.8, 4) is 23.0 Å². The number of aliphatic hydroxyl groups is 2. The largest absolute Gasteiger partial charge is 0.508 e. The lowest BCUT2D eigenvalue weighted by atomic mass is 9.83. The summed E-state index contributed by atoms with van der Waals surface area (Å²) in [6.45, 7) is 3.97. The molecule has 0 aliphatic heterocycles. The number of hydrogen-bond donors (Lipinski definition) is 6. The maximum atomic E-state index is 11.2. The SMILES string of the molecule is C[C@H]1CCCC[C@H](CCCC(Br)Br)c2c(O)cc(cc2O)[C@H](O)[C@@H](C)CCCC[C@H](CCCC(Br)Br)c2c(O)cc(cc2O)[C@@H]1O. The van der Waals surface area contributed by atoms with E-state index >= 15 is 0 Å². The minimum atomic E-state index is -0.830. The Balaban J connectivity index is 1.91. The quantitative estimate of drug-likeness (QED) is 0.147. The normalized spacial score (nSPS) is 25.5. The van der Waals surface area contributed by atoms with Gasteiger partial charge in [-0.25, -0.2) is 0 Å². The number of alkyl halides is 4. The molecule has 0 saturated heterocycles. The van der Waals surface area contributed by atoms with E-state index in [-0.39, 0.29) is 54.1 Å². The van der Waals surface area contributed by atoms with Crippen LogP contribution in [0.2, 0.25) is 0 Å². The second kappa shape index (κ2) is 19.6. The van der Waals surface area contributed by atoms with Crippen molar-refractivity contribution in [2.75, 3.05) is 0 Å². The maximum Gasteiger partial charge on any atom is 0.123 e. The van der Waals surface area contributed by atoms with Gasteiger partial charge in [0.2, 0.25) is 0 Å². The van der Waals surface area contributed by atoms with Crippen LogP contribution < -0.4 is 0 Å². The summed E-state index contributed by atoms with van der Waals surface area (Å²) in [6, 6.07) is 6.49. The summed E-state index contributed by atoms with van der Waals surface area (Å²) < 4.78 is 0.397. The van der Waals surface area contributed by atoms with E-state index in [0.29, 0.717) is 22.3 Å². The van der Waals surface area contributed by atoms with E-state index in [4.69, 9.17) is 0 Å². The molecule has 4 bridgehead atoms. The fraction of sp³-hybridized carbons (Fsp3) is 0.667. The highest BCUT2D eigenvalue weighted by Gasteiger charge is 2.27. The van der Waals surface area contributed by atoms with Gasteiger partial charge < -0.3 is 30.6 Å². The van der Waals surface area contributed by atoms with Crippen molar-refractivity contribution in [2.45, 2.75) is 135 Å². The van der Waals surface area contributed by atoms with Crippen molar-refractivity contribution in [3.63, 3.8) is 0 Å². The fourth-order valence-corrected chi connectivity index (χ4v) is 8.35. The molecule has 4 aliphatic carbocycles. The average Bonchev–Trinajstić information content (AvgIpc) is 2.98. The molecule has 0 fully saturated rings. The van der Waals surface area contributed by atoms with Crippen LogP contribution in [0.4, 0.5) is 0 Å². The number of benzene rings is 2. The second-order valence-electron chi connectivity index (χ2n) is 13.4. The summed E-state index contributed by atoms with van der Waals surface area (Å²) >= 11 is 14.2. The molecule has 0 amide bonds. The Morgan fingerprint density at radius 1 is 0.565 bits per heavy atom. The van der Waals surface area contributed by atoms with Crippen molar-refractivity contribution in [2.24, 2.45) is 11.8 Å². The van der Waals surface area contributed by atoms with Gasteiger partial charge in [-0.3, -0.25) is 0 Å². The van der Waals surface area contributed by atoms with Crippen LogP contribution in [-0.4, -0.2) is 38.1 Å². The van der Waals surface area contributed by atoms with E-state index < -0.39 is 12.2 Å². The average molecular weight is 900 g/mol. The third-order valence-corrected chi connectivity index (χ3v) is 11.6. The molecule has 260 valence electrons. The van der Waals surface area contributed by atoms with E-state index in [0.717, 1.165) is 89.9 Å². The molecule has 2 aromatic rings. The molecule has 6 atom stereocenters. The molecule has 0 unspecified atom stereocenters. The number of phenolic OH excluding ortho intramolecular Hbond substituents is 4. The molecule has 6 rings (SSSR count). The molecular weight excluding hydrogens is 848 g/mol. The zero-order valence-electron chi connectivity index (χ0n) is 27.0. The lowest BCUT2D eigenvalue weighted by Crippen LogP contribution is -2.12. The molecule has 0 aromatic heterocycles. The first-order valence-electron chi connectivity index (χ1n) is 16.8. The van der Waals surface area contributed by atoms with Gasteiger partial charge in [0.1, 0.15) is 23.0 Å². The van der Waals surface area contributed by atoms with Gasteiger partial charge in [-0.2, -0.15) is 0 Å². The molecule has 10 heteroatoms. The molecule has 2 aromatic carbocycles. The summed E-state index contributed by atoms with van der Waals surface area (Å²) in [7, 11) is 0.